The normalized spacial score (nSPS) is 11.1. The van der Waals surface area contributed by atoms with E-state index < -0.39 is 0 Å². The van der Waals surface area contributed by atoms with Gasteiger partial charge in [-0.3, -0.25) is 0 Å². The molecule has 0 unspecified atom stereocenters. The molecule has 0 bridgehead atoms. The topological polar surface area (TPSA) is 46.5 Å². The minimum Gasteiger partial charge on any atom is -0.330 e. The molecule has 0 aliphatic carbocycles. The van der Waals surface area contributed by atoms with Crippen molar-refractivity contribution in [2.45, 2.75) is 39.2 Å². The molecular weight excluding hydrogens is 292 g/mol. The Bertz CT molecular complexity index is 804. The number of fused-ring (bicyclic) bond motifs is 1. The van der Waals surface area contributed by atoms with Crippen molar-refractivity contribution < 1.29 is 0 Å². The third-order valence-electron chi connectivity index (χ3n) is 3.82. The van der Waals surface area contributed by atoms with Gasteiger partial charge < -0.3 is 9.55 Å². The van der Waals surface area contributed by atoms with Crippen molar-refractivity contribution in [2.24, 2.45) is 0 Å². The van der Waals surface area contributed by atoms with Crippen LogP contribution in [0.25, 0.3) is 22.6 Å². The third-order valence-corrected chi connectivity index (χ3v) is 4.12. The van der Waals surface area contributed by atoms with Crippen LogP contribution in [0.1, 0.15) is 32.6 Å². The predicted octanol–water partition coefficient (Wildman–Crippen LogP) is 4.74. The lowest BCUT2D eigenvalue weighted by Crippen LogP contribution is -2.02. The van der Waals surface area contributed by atoms with Crippen molar-refractivity contribution in [2.75, 3.05) is 0 Å². The molecule has 2 aromatic heterocycles. The summed E-state index contributed by atoms with van der Waals surface area (Å²) >= 11 is 5.32. The number of aryl methyl sites for hydroxylation is 1. The van der Waals surface area contributed by atoms with E-state index in [2.05, 4.69) is 33.6 Å². The van der Waals surface area contributed by atoms with Crippen LogP contribution in [-0.4, -0.2) is 19.5 Å². The average molecular weight is 312 g/mol. The monoisotopic (exact) mass is 312 g/mol. The fourth-order valence-electron chi connectivity index (χ4n) is 2.68. The second-order valence-electron chi connectivity index (χ2n) is 5.42. The van der Waals surface area contributed by atoms with Crippen LogP contribution in [0.4, 0.5) is 0 Å². The SMILES string of the molecule is CCCCCCn1c(-c2ccccc2)nc2c(=S)nc[nH]c21. The first-order valence-electron chi connectivity index (χ1n) is 7.80. The number of rotatable bonds is 6. The van der Waals surface area contributed by atoms with Crippen LogP contribution in [0.5, 0.6) is 0 Å². The maximum Gasteiger partial charge on any atom is 0.157 e. The number of aromatic nitrogens is 4. The lowest BCUT2D eigenvalue weighted by Gasteiger charge is -2.09. The summed E-state index contributed by atoms with van der Waals surface area (Å²) < 4.78 is 2.79. The lowest BCUT2D eigenvalue weighted by molar-refractivity contribution is 0.592. The maximum absolute atomic E-state index is 5.32. The lowest BCUT2D eigenvalue weighted by atomic mass is 10.2. The number of unbranched alkanes of at least 4 members (excludes halogenated alkanes) is 3. The summed E-state index contributed by atoms with van der Waals surface area (Å²) in [6.07, 6.45) is 6.54. The predicted molar refractivity (Wildman–Crippen MR) is 92.3 cm³/mol. The van der Waals surface area contributed by atoms with E-state index in [0.717, 1.165) is 35.5 Å². The molecule has 0 aliphatic heterocycles. The van der Waals surface area contributed by atoms with Gasteiger partial charge in [-0.2, -0.15) is 0 Å². The van der Waals surface area contributed by atoms with E-state index >= 15 is 0 Å². The standard InChI is InChI=1S/C17H20N4S/c1-2-3-4-8-11-21-15(13-9-6-5-7-10-13)20-14-16(21)18-12-19-17(14)22/h5-7,9-10,12H,2-4,8,11H2,1H3,(H,18,19,22). The number of hydrogen-bond donors (Lipinski definition) is 1. The molecular formula is C17H20N4S. The van der Waals surface area contributed by atoms with Gasteiger partial charge in [0.05, 0.1) is 6.33 Å². The second kappa shape index (κ2) is 6.83. The minimum absolute atomic E-state index is 0.554. The molecule has 4 nitrogen and oxygen atoms in total. The van der Waals surface area contributed by atoms with Crippen LogP contribution < -0.4 is 0 Å². The summed E-state index contributed by atoms with van der Waals surface area (Å²) in [5.74, 6) is 0.961. The number of aromatic amines is 1. The van der Waals surface area contributed by atoms with Crippen LogP contribution in [0.15, 0.2) is 36.7 Å². The highest BCUT2D eigenvalue weighted by Crippen LogP contribution is 2.24. The zero-order chi connectivity index (χ0) is 15.4. The summed E-state index contributed by atoms with van der Waals surface area (Å²) in [5.41, 5.74) is 2.86. The smallest absolute Gasteiger partial charge is 0.157 e. The van der Waals surface area contributed by atoms with Crippen LogP contribution in [0.3, 0.4) is 0 Å². The van der Waals surface area contributed by atoms with Gasteiger partial charge in [-0.1, -0.05) is 68.7 Å². The summed E-state index contributed by atoms with van der Waals surface area (Å²) in [6, 6.07) is 10.3. The number of nitrogens with zero attached hydrogens (tertiary/aromatic N) is 3. The van der Waals surface area contributed by atoms with E-state index in [1.54, 1.807) is 6.33 Å². The first-order valence-corrected chi connectivity index (χ1v) is 8.21. The Kier molecular flexibility index (Phi) is 4.63. The zero-order valence-corrected chi connectivity index (χ0v) is 13.6. The molecule has 0 saturated carbocycles. The quantitative estimate of drug-likeness (QED) is 0.528. The average Bonchev–Trinajstić information content (AvgIpc) is 2.93. The zero-order valence-electron chi connectivity index (χ0n) is 12.7. The molecule has 2 heterocycles. The Labute approximate surface area is 135 Å². The van der Waals surface area contributed by atoms with Crippen molar-refractivity contribution in [1.29, 1.82) is 0 Å². The summed E-state index contributed by atoms with van der Waals surface area (Å²) in [5, 5.41) is 0. The Morgan fingerprint density at radius 1 is 1.14 bits per heavy atom. The highest BCUT2D eigenvalue weighted by molar-refractivity contribution is 7.71. The number of imidazole rings is 1. The second-order valence-corrected chi connectivity index (χ2v) is 5.81. The van der Waals surface area contributed by atoms with E-state index in [9.17, 15) is 0 Å². The van der Waals surface area contributed by atoms with Gasteiger partial charge in [0.1, 0.15) is 17.0 Å². The molecule has 114 valence electrons. The van der Waals surface area contributed by atoms with Crippen LogP contribution in [0, 0.1) is 4.64 Å². The Morgan fingerprint density at radius 2 is 1.95 bits per heavy atom. The van der Waals surface area contributed by atoms with Gasteiger partial charge in [-0.05, 0) is 6.42 Å². The highest BCUT2D eigenvalue weighted by atomic mass is 32.1. The van der Waals surface area contributed by atoms with E-state index in [-0.39, 0.29) is 0 Å². The number of nitrogens with one attached hydrogen (secondary N) is 1. The van der Waals surface area contributed by atoms with Crippen molar-refractivity contribution in [1.82, 2.24) is 19.5 Å². The molecule has 1 aromatic carbocycles. The van der Waals surface area contributed by atoms with Gasteiger partial charge in [-0.25, -0.2) is 9.97 Å². The summed E-state index contributed by atoms with van der Waals surface area (Å²) in [7, 11) is 0. The molecule has 22 heavy (non-hydrogen) atoms. The van der Waals surface area contributed by atoms with Crippen molar-refractivity contribution in [3.63, 3.8) is 0 Å². The van der Waals surface area contributed by atoms with Gasteiger partial charge in [0.25, 0.3) is 0 Å². The molecule has 0 aliphatic rings. The molecule has 1 N–H and O–H groups in total. The number of hydrogen-bond acceptors (Lipinski definition) is 3. The largest absolute Gasteiger partial charge is 0.330 e. The highest BCUT2D eigenvalue weighted by Gasteiger charge is 2.13. The third kappa shape index (κ3) is 2.95. The van der Waals surface area contributed by atoms with Gasteiger partial charge in [0.15, 0.2) is 4.64 Å². The summed E-state index contributed by atoms with van der Waals surface area (Å²) in [4.78, 5) is 12.1. The van der Waals surface area contributed by atoms with Crippen molar-refractivity contribution in [3.05, 3.63) is 41.3 Å². The first-order chi connectivity index (χ1) is 10.8. The van der Waals surface area contributed by atoms with E-state index in [1.807, 2.05) is 18.2 Å². The molecule has 0 fully saturated rings. The van der Waals surface area contributed by atoms with Gasteiger partial charge in [0, 0.05) is 12.1 Å². The molecule has 3 rings (SSSR count). The molecule has 0 radical (unpaired) electrons. The fourth-order valence-corrected chi connectivity index (χ4v) is 2.88. The number of benzene rings is 1. The summed E-state index contributed by atoms with van der Waals surface area (Å²) in [6.45, 7) is 3.17. The van der Waals surface area contributed by atoms with E-state index in [4.69, 9.17) is 17.2 Å². The molecule has 0 atom stereocenters. The molecule has 3 aromatic rings. The van der Waals surface area contributed by atoms with Crippen molar-refractivity contribution in [3.8, 4) is 11.4 Å². The van der Waals surface area contributed by atoms with Crippen LogP contribution in [0.2, 0.25) is 0 Å². The van der Waals surface area contributed by atoms with Crippen LogP contribution in [-0.2, 0) is 6.54 Å². The molecule has 0 amide bonds. The van der Waals surface area contributed by atoms with Crippen LogP contribution >= 0.6 is 12.2 Å². The number of H-pyrrole nitrogens is 1. The first kappa shape index (κ1) is 14.9. The molecule has 5 heteroatoms. The molecule has 0 spiro atoms. The van der Waals surface area contributed by atoms with E-state index in [0.29, 0.717) is 4.64 Å². The van der Waals surface area contributed by atoms with Gasteiger partial charge in [-0.15, -0.1) is 0 Å². The van der Waals surface area contributed by atoms with Crippen molar-refractivity contribution >= 4 is 23.4 Å². The Hall–Kier alpha value is -2.01. The van der Waals surface area contributed by atoms with E-state index in [1.165, 1.54) is 19.3 Å². The Balaban J connectivity index is 2.06. The fraction of sp³-hybridized carbons (Fsp3) is 0.353. The minimum atomic E-state index is 0.554. The Morgan fingerprint density at radius 3 is 2.73 bits per heavy atom. The molecule has 0 saturated heterocycles. The maximum atomic E-state index is 5.32. The van der Waals surface area contributed by atoms with Gasteiger partial charge >= 0.3 is 0 Å². The van der Waals surface area contributed by atoms with Gasteiger partial charge in [0.2, 0.25) is 0 Å².